The Labute approximate surface area is 131 Å². The molecule has 0 aliphatic carbocycles. The minimum atomic E-state index is -0.776. The van der Waals surface area contributed by atoms with E-state index in [4.69, 9.17) is 10.5 Å². The first-order valence-electron chi connectivity index (χ1n) is 7.85. The van der Waals surface area contributed by atoms with Gasteiger partial charge in [-0.05, 0) is 31.7 Å². The lowest BCUT2D eigenvalue weighted by atomic mass is 10.0. The number of hydrogen-bond acceptors (Lipinski definition) is 3. The highest BCUT2D eigenvalue weighted by molar-refractivity contribution is 5.83. The van der Waals surface area contributed by atoms with Crippen molar-refractivity contribution >= 4 is 11.8 Å². The number of carbonyl (C=O) groups excluding carboxylic acids is 2. The van der Waals surface area contributed by atoms with Crippen LogP contribution in [0.4, 0.5) is 0 Å². The standard InChI is InChI=1S/C17H24N2O3/c1-13(16(18)20)22-15(12-14-8-4-2-5-9-14)17(21)19-10-6-3-7-11-19/h2,4-5,8-9,13,15H,3,6-7,10-12H2,1H3,(H2,18,20)/t13?,15-/m0/s1. The zero-order chi connectivity index (χ0) is 15.9. The van der Waals surface area contributed by atoms with Gasteiger partial charge in [-0.15, -0.1) is 0 Å². The fourth-order valence-electron chi connectivity index (χ4n) is 2.65. The summed E-state index contributed by atoms with van der Waals surface area (Å²) in [6, 6.07) is 9.69. The molecule has 2 N–H and O–H groups in total. The SMILES string of the molecule is CC(O[C@@H](Cc1ccccc1)C(=O)N1CCCCC1)C(N)=O. The maximum atomic E-state index is 12.7. The van der Waals surface area contributed by atoms with Gasteiger partial charge in [0.15, 0.2) is 0 Å². The van der Waals surface area contributed by atoms with Crippen LogP contribution in [0.3, 0.4) is 0 Å². The number of primary amides is 1. The topological polar surface area (TPSA) is 72.6 Å². The van der Waals surface area contributed by atoms with Crippen LogP contribution in [0.5, 0.6) is 0 Å². The van der Waals surface area contributed by atoms with Crippen LogP contribution in [0.1, 0.15) is 31.7 Å². The summed E-state index contributed by atoms with van der Waals surface area (Å²) in [5.41, 5.74) is 6.28. The molecule has 2 amide bonds. The number of nitrogens with two attached hydrogens (primary N) is 1. The molecule has 0 radical (unpaired) electrons. The molecule has 0 saturated carbocycles. The lowest BCUT2D eigenvalue weighted by molar-refractivity contribution is -0.151. The molecule has 1 aliphatic rings. The number of nitrogens with zero attached hydrogens (tertiary/aromatic N) is 1. The van der Waals surface area contributed by atoms with Gasteiger partial charge in [0.2, 0.25) is 5.91 Å². The summed E-state index contributed by atoms with van der Waals surface area (Å²) in [4.78, 5) is 25.8. The van der Waals surface area contributed by atoms with Gasteiger partial charge >= 0.3 is 0 Å². The number of likely N-dealkylation sites (tertiary alicyclic amines) is 1. The molecule has 0 bridgehead atoms. The van der Waals surface area contributed by atoms with E-state index in [2.05, 4.69) is 0 Å². The molecule has 0 aromatic heterocycles. The Morgan fingerprint density at radius 1 is 1.18 bits per heavy atom. The first-order chi connectivity index (χ1) is 10.6. The van der Waals surface area contributed by atoms with Crippen LogP contribution in [0.2, 0.25) is 0 Å². The number of amides is 2. The number of hydrogen-bond donors (Lipinski definition) is 1. The molecule has 1 aromatic rings. The van der Waals surface area contributed by atoms with Crippen LogP contribution in [-0.2, 0) is 20.7 Å². The van der Waals surface area contributed by atoms with E-state index in [1.165, 1.54) is 0 Å². The summed E-state index contributed by atoms with van der Waals surface area (Å²) in [7, 11) is 0. The molecule has 22 heavy (non-hydrogen) atoms. The first kappa shape index (κ1) is 16.5. The van der Waals surface area contributed by atoms with Crippen LogP contribution in [0, 0.1) is 0 Å². The van der Waals surface area contributed by atoms with E-state index in [9.17, 15) is 9.59 Å². The maximum absolute atomic E-state index is 12.7. The number of piperidine rings is 1. The summed E-state index contributed by atoms with van der Waals surface area (Å²) >= 11 is 0. The summed E-state index contributed by atoms with van der Waals surface area (Å²) < 4.78 is 5.67. The third-order valence-electron chi connectivity index (χ3n) is 3.98. The molecule has 2 rings (SSSR count). The van der Waals surface area contributed by atoms with Crippen molar-refractivity contribution in [2.75, 3.05) is 13.1 Å². The third-order valence-corrected chi connectivity index (χ3v) is 3.98. The average molecular weight is 304 g/mol. The lowest BCUT2D eigenvalue weighted by Gasteiger charge is -2.31. The molecule has 1 saturated heterocycles. The molecule has 1 unspecified atom stereocenters. The van der Waals surface area contributed by atoms with Gasteiger partial charge in [-0.3, -0.25) is 9.59 Å². The normalized spacial score (nSPS) is 17.8. The van der Waals surface area contributed by atoms with Crippen LogP contribution < -0.4 is 5.73 Å². The fraction of sp³-hybridized carbons (Fsp3) is 0.529. The maximum Gasteiger partial charge on any atom is 0.252 e. The summed E-state index contributed by atoms with van der Waals surface area (Å²) in [5, 5.41) is 0. The van der Waals surface area contributed by atoms with Crippen LogP contribution in [-0.4, -0.2) is 42.0 Å². The van der Waals surface area contributed by atoms with Gasteiger partial charge in [0.05, 0.1) is 0 Å². The Morgan fingerprint density at radius 3 is 2.41 bits per heavy atom. The second-order valence-electron chi connectivity index (χ2n) is 5.74. The minimum Gasteiger partial charge on any atom is -0.367 e. The van der Waals surface area contributed by atoms with Gasteiger partial charge in [-0.2, -0.15) is 0 Å². The Kier molecular flexibility index (Phi) is 5.95. The van der Waals surface area contributed by atoms with Crippen molar-refractivity contribution in [2.24, 2.45) is 5.73 Å². The number of ether oxygens (including phenoxy) is 1. The molecule has 1 fully saturated rings. The highest BCUT2D eigenvalue weighted by atomic mass is 16.5. The van der Waals surface area contributed by atoms with E-state index < -0.39 is 18.1 Å². The fourth-order valence-corrected chi connectivity index (χ4v) is 2.65. The Balaban J connectivity index is 2.09. The predicted octanol–water partition coefficient (Wildman–Crippen LogP) is 1.50. The third kappa shape index (κ3) is 4.56. The largest absolute Gasteiger partial charge is 0.367 e. The van der Waals surface area contributed by atoms with E-state index >= 15 is 0 Å². The Morgan fingerprint density at radius 2 is 1.82 bits per heavy atom. The minimum absolute atomic E-state index is 0.0448. The Bertz CT molecular complexity index is 498. The van der Waals surface area contributed by atoms with Gasteiger partial charge in [-0.25, -0.2) is 0 Å². The smallest absolute Gasteiger partial charge is 0.252 e. The van der Waals surface area contributed by atoms with Gasteiger partial charge in [0, 0.05) is 19.5 Å². The van der Waals surface area contributed by atoms with Crippen molar-refractivity contribution in [3.8, 4) is 0 Å². The van der Waals surface area contributed by atoms with E-state index in [0.717, 1.165) is 37.9 Å². The Hall–Kier alpha value is -1.88. The van der Waals surface area contributed by atoms with Crippen molar-refractivity contribution < 1.29 is 14.3 Å². The summed E-state index contributed by atoms with van der Waals surface area (Å²) in [6.07, 6.45) is 2.22. The zero-order valence-electron chi connectivity index (χ0n) is 13.0. The molecule has 1 aromatic carbocycles. The number of carbonyl (C=O) groups is 2. The van der Waals surface area contributed by atoms with Crippen LogP contribution >= 0.6 is 0 Å². The van der Waals surface area contributed by atoms with Gasteiger partial charge < -0.3 is 15.4 Å². The van der Waals surface area contributed by atoms with Crippen molar-refractivity contribution in [1.29, 1.82) is 0 Å². The van der Waals surface area contributed by atoms with Crippen molar-refractivity contribution in [1.82, 2.24) is 4.90 Å². The van der Waals surface area contributed by atoms with Gasteiger partial charge in [0.1, 0.15) is 12.2 Å². The van der Waals surface area contributed by atoms with Crippen molar-refractivity contribution in [3.63, 3.8) is 0 Å². The quantitative estimate of drug-likeness (QED) is 0.865. The molecule has 0 spiro atoms. The van der Waals surface area contributed by atoms with E-state index in [1.54, 1.807) is 6.92 Å². The molecule has 2 atom stereocenters. The van der Waals surface area contributed by atoms with Gasteiger partial charge in [-0.1, -0.05) is 30.3 Å². The van der Waals surface area contributed by atoms with E-state index in [1.807, 2.05) is 35.2 Å². The van der Waals surface area contributed by atoms with Gasteiger partial charge in [0.25, 0.3) is 5.91 Å². The van der Waals surface area contributed by atoms with Crippen molar-refractivity contribution in [2.45, 2.75) is 44.8 Å². The first-order valence-corrected chi connectivity index (χ1v) is 7.85. The second-order valence-corrected chi connectivity index (χ2v) is 5.74. The predicted molar refractivity (Wildman–Crippen MR) is 84.1 cm³/mol. The molecule has 5 nitrogen and oxygen atoms in total. The van der Waals surface area contributed by atoms with Crippen LogP contribution in [0.15, 0.2) is 30.3 Å². The number of rotatable bonds is 6. The number of benzene rings is 1. The molecular formula is C17H24N2O3. The van der Waals surface area contributed by atoms with E-state index in [-0.39, 0.29) is 5.91 Å². The zero-order valence-corrected chi connectivity index (χ0v) is 13.0. The molecule has 120 valence electrons. The monoisotopic (exact) mass is 304 g/mol. The molecule has 1 heterocycles. The summed E-state index contributed by atoms with van der Waals surface area (Å²) in [5.74, 6) is -0.596. The van der Waals surface area contributed by atoms with Crippen LogP contribution in [0.25, 0.3) is 0 Å². The average Bonchev–Trinajstić information content (AvgIpc) is 2.55. The van der Waals surface area contributed by atoms with Crippen molar-refractivity contribution in [3.05, 3.63) is 35.9 Å². The lowest BCUT2D eigenvalue weighted by Crippen LogP contribution is -2.46. The summed E-state index contributed by atoms with van der Waals surface area (Å²) in [6.45, 7) is 3.11. The molecular weight excluding hydrogens is 280 g/mol. The highest BCUT2D eigenvalue weighted by Gasteiger charge is 2.29. The second kappa shape index (κ2) is 7.94. The van der Waals surface area contributed by atoms with E-state index in [0.29, 0.717) is 6.42 Å². The molecule has 5 heteroatoms. The highest BCUT2D eigenvalue weighted by Crippen LogP contribution is 2.15. The molecule has 1 aliphatic heterocycles.